The lowest BCUT2D eigenvalue weighted by Gasteiger charge is -2.42. The minimum Gasteiger partial charge on any atom is -0.354 e. The molecule has 1 aromatic carbocycles. The first kappa shape index (κ1) is 20.0. The topological polar surface area (TPSA) is 78.0 Å². The predicted molar refractivity (Wildman–Crippen MR) is 95.0 cm³/mol. The molecule has 1 heterocycles. The van der Waals surface area contributed by atoms with Crippen LogP contribution in [0.2, 0.25) is 5.02 Å². The largest absolute Gasteiger partial charge is 0.354 e. The van der Waals surface area contributed by atoms with E-state index in [1.165, 1.54) is 27.2 Å². The maximum Gasteiger partial charge on any atom is 0.246 e. The zero-order valence-corrected chi connectivity index (χ0v) is 17.1. The van der Waals surface area contributed by atoms with Crippen molar-refractivity contribution in [2.75, 3.05) is 33.1 Å². The van der Waals surface area contributed by atoms with Gasteiger partial charge in [-0.25, -0.2) is 21.1 Å². The molecule has 0 bridgehead atoms. The van der Waals surface area contributed by atoms with Gasteiger partial charge in [0.05, 0.1) is 10.7 Å². The maximum atomic E-state index is 12.8. The summed E-state index contributed by atoms with van der Waals surface area (Å²) in [6.07, 6.45) is -0.849. The fourth-order valence-electron chi connectivity index (χ4n) is 2.41. The van der Waals surface area contributed by atoms with Crippen LogP contribution in [0.4, 0.5) is 5.69 Å². The van der Waals surface area contributed by atoms with Crippen molar-refractivity contribution in [2.45, 2.75) is 20.8 Å². The lowest BCUT2D eigenvalue weighted by atomic mass is 10.2. The molecule has 24 heavy (non-hydrogen) atoms. The second kappa shape index (κ2) is 6.46. The number of halogens is 3. The molecule has 1 atom stereocenters. The number of hydrogen-bond donors (Lipinski definition) is 0. The number of alkyl halides is 2. The number of fused-ring (bicyclic) bond motifs is 1. The van der Waals surface area contributed by atoms with Gasteiger partial charge in [-0.3, -0.25) is 0 Å². The van der Waals surface area contributed by atoms with E-state index in [1.54, 1.807) is 11.9 Å². The number of anilines is 1. The van der Waals surface area contributed by atoms with Crippen LogP contribution in [-0.4, -0.2) is 64.6 Å². The summed E-state index contributed by atoms with van der Waals surface area (Å²) in [6, 6.07) is 2.35. The van der Waals surface area contributed by atoms with Gasteiger partial charge in [0.25, 0.3) is 0 Å². The Morgan fingerprint density at radius 2 is 1.75 bits per heavy atom. The van der Waals surface area contributed by atoms with Crippen LogP contribution in [0.3, 0.4) is 0 Å². The van der Waals surface area contributed by atoms with Gasteiger partial charge in [-0.2, -0.15) is 4.31 Å². The van der Waals surface area contributed by atoms with Gasteiger partial charge >= 0.3 is 0 Å². The van der Waals surface area contributed by atoms with E-state index < -0.39 is 31.0 Å². The summed E-state index contributed by atoms with van der Waals surface area (Å²) >= 11 is 17.9. The summed E-state index contributed by atoms with van der Waals surface area (Å²) in [7, 11) is -2.31. The molecule has 0 amide bonds. The molecule has 0 aromatic heterocycles. The van der Waals surface area contributed by atoms with E-state index in [4.69, 9.17) is 34.8 Å². The zero-order chi connectivity index (χ0) is 18.6. The SMILES string of the molecule is CN1c2cc(Cl)c(S(=O)(=O)N(C)C)cc2S(=O)(=O)N(C)C1C(Cl)Cl. The van der Waals surface area contributed by atoms with Crippen molar-refractivity contribution in [3.63, 3.8) is 0 Å². The van der Waals surface area contributed by atoms with Crippen LogP contribution in [0.5, 0.6) is 0 Å². The standard InChI is InChI=1S/C12H16Cl3N3O4S2/c1-16(2)23(19,20)9-6-10-8(5-7(9)13)17(3)12(11(14)15)18(4)24(10,21)22/h5-6,11-12H,1-4H3. The summed E-state index contributed by atoms with van der Waals surface area (Å²) in [5, 5.41) is -0.0894. The number of rotatable bonds is 3. The smallest absolute Gasteiger partial charge is 0.246 e. The molecule has 2 rings (SSSR count). The minimum absolute atomic E-state index is 0.0894. The molecule has 1 aliphatic heterocycles. The van der Waals surface area contributed by atoms with Gasteiger partial charge in [-0.1, -0.05) is 11.6 Å². The number of benzene rings is 1. The molecule has 0 saturated heterocycles. The Morgan fingerprint density at radius 3 is 2.21 bits per heavy atom. The first-order valence-corrected chi connectivity index (χ1v) is 10.7. The van der Waals surface area contributed by atoms with E-state index in [2.05, 4.69) is 0 Å². The summed E-state index contributed by atoms with van der Waals surface area (Å²) in [5.41, 5.74) is 0.229. The highest BCUT2D eigenvalue weighted by Crippen LogP contribution is 2.41. The maximum absolute atomic E-state index is 12.8. The van der Waals surface area contributed by atoms with Crippen molar-refractivity contribution >= 4 is 60.5 Å². The van der Waals surface area contributed by atoms with Crippen molar-refractivity contribution < 1.29 is 16.8 Å². The van der Waals surface area contributed by atoms with Gasteiger partial charge in [-0.05, 0) is 12.1 Å². The number of sulfonamides is 2. The van der Waals surface area contributed by atoms with Gasteiger partial charge in [0.15, 0.2) is 0 Å². The monoisotopic (exact) mass is 435 g/mol. The van der Waals surface area contributed by atoms with Crippen LogP contribution in [0.25, 0.3) is 0 Å². The van der Waals surface area contributed by atoms with Crippen LogP contribution in [0, 0.1) is 0 Å². The Kier molecular flexibility index (Phi) is 5.39. The normalized spacial score (nSPS) is 21.4. The first-order chi connectivity index (χ1) is 10.8. The quantitative estimate of drug-likeness (QED) is 0.675. The average molecular weight is 437 g/mol. The molecular weight excluding hydrogens is 421 g/mol. The van der Waals surface area contributed by atoms with Crippen molar-refractivity contribution in [1.82, 2.24) is 8.61 Å². The van der Waals surface area contributed by atoms with E-state index in [9.17, 15) is 16.8 Å². The van der Waals surface area contributed by atoms with Crippen LogP contribution < -0.4 is 4.90 Å². The van der Waals surface area contributed by atoms with Crippen LogP contribution in [0.15, 0.2) is 21.9 Å². The second-order valence-electron chi connectivity index (χ2n) is 5.42. The highest BCUT2D eigenvalue weighted by molar-refractivity contribution is 7.90. The molecule has 136 valence electrons. The molecular formula is C12H16Cl3N3O4S2. The molecule has 0 fully saturated rings. The Hall–Kier alpha value is -0.290. The van der Waals surface area contributed by atoms with Gasteiger partial charge in [0.1, 0.15) is 20.8 Å². The second-order valence-corrected chi connectivity index (χ2v) is 11.1. The fraction of sp³-hybridized carbons (Fsp3) is 0.500. The first-order valence-electron chi connectivity index (χ1n) is 6.58. The number of nitrogens with zero attached hydrogens (tertiary/aromatic N) is 3. The molecule has 0 aliphatic carbocycles. The molecule has 1 unspecified atom stereocenters. The van der Waals surface area contributed by atoms with Crippen LogP contribution in [0.1, 0.15) is 0 Å². The third-order valence-electron chi connectivity index (χ3n) is 3.80. The molecule has 0 saturated carbocycles. The van der Waals surface area contributed by atoms with Crippen molar-refractivity contribution in [3.8, 4) is 0 Å². The van der Waals surface area contributed by atoms with E-state index >= 15 is 0 Å². The molecule has 1 aliphatic rings. The highest BCUT2D eigenvalue weighted by Gasteiger charge is 2.43. The molecule has 7 nitrogen and oxygen atoms in total. The lowest BCUT2D eigenvalue weighted by Crippen LogP contribution is -2.54. The molecule has 0 spiro atoms. The zero-order valence-electron chi connectivity index (χ0n) is 13.2. The van der Waals surface area contributed by atoms with Crippen molar-refractivity contribution in [2.24, 2.45) is 0 Å². The summed E-state index contributed by atoms with van der Waals surface area (Å²) in [5.74, 6) is 0. The lowest BCUT2D eigenvalue weighted by molar-refractivity contribution is 0.365. The van der Waals surface area contributed by atoms with E-state index in [-0.39, 0.29) is 20.5 Å². The summed E-state index contributed by atoms with van der Waals surface area (Å²) in [4.78, 5) is 0.0541. The summed E-state index contributed by atoms with van der Waals surface area (Å²) < 4.78 is 52.2. The predicted octanol–water partition coefficient (Wildman–Crippen LogP) is 1.79. The van der Waals surface area contributed by atoms with E-state index in [1.807, 2.05) is 0 Å². The third-order valence-corrected chi connectivity index (χ3v) is 8.39. The van der Waals surface area contributed by atoms with Crippen molar-refractivity contribution in [3.05, 3.63) is 17.2 Å². The van der Waals surface area contributed by atoms with E-state index in [0.29, 0.717) is 0 Å². The van der Waals surface area contributed by atoms with Gasteiger partial charge in [0, 0.05) is 28.2 Å². The van der Waals surface area contributed by atoms with Gasteiger partial charge in [-0.15, -0.1) is 23.2 Å². The highest BCUT2D eigenvalue weighted by atomic mass is 35.5. The third kappa shape index (κ3) is 3.00. The van der Waals surface area contributed by atoms with E-state index in [0.717, 1.165) is 14.7 Å². The van der Waals surface area contributed by atoms with Crippen molar-refractivity contribution in [1.29, 1.82) is 0 Å². The summed E-state index contributed by atoms with van der Waals surface area (Å²) in [6.45, 7) is 0. The molecule has 0 radical (unpaired) electrons. The molecule has 1 aromatic rings. The Morgan fingerprint density at radius 1 is 1.21 bits per heavy atom. The Labute approximate surface area is 156 Å². The van der Waals surface area contributed by atoms with Gasteiger partial charge < -0.3 is 4.90 Å². The van der Waals surface area contributed by atoms with Crippen LogP contribution >= 0.6 is 34.8 Å². The van der Waals surface area contributed by atoms with Crippen LogP contribution in [-0.2, 0) is 20.0 Å². The minimum atomic E-state index is -3.99. The average Bonchev–Trinajstić information content (AvgIpc) is 2.44. The Bertz CT molecular complexity index is 872. The molecule has 0 N–H and O–H groups in total. The fourth-order valence-corrected chi connectivity index (χ4v) is 6.30. The Balaban J connectivity index is 2.81. The number of hydrogen-bond acceptors (Lipinski definition) is 5. The van der Waals surface area contributed by atoms with Gasteiger partial charge in [0.2, 0.25) is 20.0 Å². The molecule has 12 heteroatoms.